The predicted molar refractivity (Wildman–Crippen MR) is 63.8 cm³/mol. The zero-order valence-electron chi connectivity index (χ0n) is 9.22. The van der Waals surface area contributed by atoms with Gasteiger partial charge >= 0.3 is 0 Å². The molecule has 0 N–H and O–H groups in total. The van der Waals surface area contributed by atoms with Gasteiger partial charge in [0.05, 0.1) is 17.9 Å². The van der Waals surface area contributed by atoms with Crippen LogP contribution >= 0.6 is 0 Å². The summed E-state index contributed by atoms with van der Waals surface area (Å²) >= 11 is 0. The molecule has 0 atom stereocenters. The fourth-order valence-corrected chi connectivity index (χ4v) is 1.42. The molecule has 0 amide bonds. The Kier molecular flexibility index (Phi) is 3.27. The van der Waals surface area contributed by atoms with Gasteiger partial charge in [-0.2, -0.15) is 5.26 Å². The Morgan fingerprint density at radius 1 is 1.29 bits per heavy atom. The molecule has 0 spiro atoms. The maximum Gasteiger partial charge on any atom is 0.169 e. The summed E-state index contributed by atoms with van der Waals surface area (Å²) in [5.74, 6) is 2.09. The molecule has 0 bridgehead atoms. The lowest BCUT2D eigenvalue weighted by atomic mass is 10.2. The molecule has 2 rings (SSSR count). The smallest absolute Gasteiger partial charge is 0.169 e. The number of rotatable bonds is 4. The molecule has 2 aromatic rings. The Morgan fingerprint density at radius 3 is 2.71 bits per heavy atom. The van der Waals surface area contributed by atoms with Gasteiger partial charge in [-0.25, -0.2) is 0 Å². The van der Waals surface area contributed by atoms with Crippen molar-refractivity contribution in [3.8, 4) is 17.6 Å². The van der Waals surface area contributed by atoms with Crippen LogP contribution in [0, 0.1) is 11.3 Å². The highest BCUT2D eigenvalue weighted by Gasteiger charge is 2.06. The van der Waals surface area contributed by atoms with Gasteiger partial charge in [0.1, 0.15) is 11.5 Å². The van der Waals surface area contributed by atoms with Gasteiger partial charge in [0.2, 0.25) is 0 Å². The lowest BCUT2D eigenvalue weighted by molar-refractivity contribution is 0.445. The van der Waals surface area contributed by atoms with Gasteiger partial charge in [-0.3, -0.25) is 0 Å². The van der Waals surface area contributed by atoms with Crippen molar-refractivity contribution >= 4 is 0 Å². The monoisotopic (exact) mass is 225 g/mol. The zero-order chi connectivity index (χ0) is 12.1. The highest BCUT2D eigenvalue weighted by Crippen LogP contribution is 2.27. The Hall–Kier alpha value is -2.47. The molecule has 0 saturated carbocycles. The van der Waals surface area contributed by atoms with Crippen molar-refractivity contribution in [1.82, 2.24) is 0 Å². The first-order chi connectivity index (χ1) is 8.33. The number of nitrogens with zero attached hydrogens (tertiary/aromatic N) is 1. The van der Waals surface area contributed by atoms with Crippen LogP contribution in [0.4, 0.5) is 0 Å². The minimum Gasteiger partial charge on any atom is -0.465 e. The summed E-state index contributed by atoms with van der Waals surface area (Å²) in [6.45, 7) is 3.65. The molecule has 1 heterocycles. The fraction of sp³-hybridized carbons (Fsp3) is 0.0714. The molecule has 1 aromatic heterocycles. The van der Waals surface area contributed by atoms with E-state index < -0.39 is 0 Å². The van der Waals surface area contributed by atoms with E-state index in [0.717, 1.165) is 5.76 Å². The molecule has 0 aliphatic carbocycles. The first kappa shape index (κ1) is 11.0. The van der Waals surface area contributed by atoms with Crippen LogP contribution in [-0.4, -0.2) is 0 Å². The normalized spacial score (nSPS) is 9.59. The van der Waals surface area contributed by atoms with Crippen molar-refractivity contribution in [3.05, 3.63) is 60.6 Å². The first-order valence-electron chi connectivity index (χ1n) is 5.19. The third kappa shape index (κ3) is 2.56. The molecule has 0 aliphatic rings. The minimum atomic E-state index is 0.607. The van der Waals surface area contributed by atoms with Gasteiger partial charge in [-0.05, 0) is 24.3 Å². The van der Waals surface area contributed by atoms with Gasteiger partial charge in [-0.1, -0.05) is 6.08 Å². The molecule has 0 fully saturated rings. The predicted octanol–water partition coefficient (Wildman–Crippen LogP) is 3.67. The van der Waals surface area contributed by atoms with E-state index in [4.69, 9.17) is 14.4 Å². The van der Waals surface area contributed by atoms with Gasteiger partial charge < -0.3 is 9.15 Å². The molecular formula is C14H11NO2. The largest absolute Gasteiger partial charge is 0.465 e. The summed E-state index contributed by atoms with van der Waals surface area (Å²) in [5.41, 5.74) is 0.607. The Morgan fingerprint density at radius 2 is 2.06 bits per heavy atom. The van der Waals surface area contributed by atoms with E-state index in [1.165, 1.54) is 0 Å². The summed E-state index contributed by atoms with van der Waals surface area (Å²) in [7, 11) is 0. The number of ether oxygens (including phenoxy) is 1. The highest BCUT2D eigenvalue weighted by molar-refractivity contribution is 5.38. The van der Waals surface area contributed by atoms with Crippen LogP contribution in [0.2, 0.25) is 0 Å². The summed E-state index contributed by atoms with van der Waals surface area (Å²) in [5, 5.41) is 8.68. The number of nitriles is 1. The van der Waals surface area contributed by atoms with E-state index in [9.17, 15) is 0 Å². The second kappa shape index (κ2) is 5.04. The topological polar surface area (TPSA) is 46.2 Å². The molecule has 0 unspecified atom stereocenters. The molecule has 1 aromatic carbocycles. The Balaban J connectivity index is 2.16. The van der Waals surface area contributed by atoms with Crippen LogP contribution in [0.15, 0.2) is 53.7 Å². The van der Waals surface area contributed by atoms with Crippen molar-refractivity contribution in [3.63, 3.8) is 0 Å². The van der Waals surface area contributed by atoms with E-state index in [1.54, 1.807) is 42.7 Å². The van der Waals surface area contributed by atoms with Gasteiger partial charge in [-0.15, -0.1) is 6.58 Å². The lowest BCUT2D eigenvalue weighted by Gasteiger charge is -2.04. The van der Waals surface area contributed by atoms with E-state index in [0.29, 0.717) is 23.5 Å². The van der Waals surface area contributed by atoms with Crippen molar-refractivity contribution < 1.29 is 9.15 Å². The quantitative estimate of drug-likeness (QED) is 0.746. The average Bonchev–Trinajstić information content (AvgIpc) is 2.78. The molecule has 0 aliphatic heterocycles. The van der Waals surface area contributed by atoms with Crippen LogP contribution in [0.5, 0.6) is 11.5 Å². The van der Waals surface area contributed by atoms with Crippen LogP contribution < -0.4 is 4.74 Å². The SMILES string of the molecule is C=CCc1occc1Oc1ccc(C#N)cc1. The lowest BCUT2D eigenvalue weighted by Crippen LogP contribution is -1.86. The Bertz CT molecular complexity index is 546. The number of hydrogen-bond acceptors (Lipinski definition) is 3. The van der Waals surface area contributed by atoms with Crippen LogP contribution in [0.25, 0.3) is 0 Å². The summed E-state index contributed by atoms with van der Waals surface area (Å²) in [6, 6.07) is 10.7. The minimum absolute atomic E-state index is 0.607. The Labute approximate surface area is 99.6 Å². The number of allylic oxidation sites excluding steroid dienone is 1. The third-order valence-corrected chi connectivity index (χ3v) is 2.25. The fourth-order valence-electron chi connectivity index (χ4n) is 1.42. The van der Waals surface area contributed by atoms with Gasteiger partial charge in [0.15, 0.2) is 5.75 Å². The van der Waals surface area contributed by atoms with Crippen LogP contribution in [0.1, 0.15) is 11.3 Å². The highest BCUT2D eigenvalue weighted by atomic mass is 16.5. The van der Waals surface area contributed by atoms with E-state index in [1.807, 2.05) is 0 Å². The third-order valence-electron chi connectivity index (χ3n) is 2.25. The van der Waals surface area contributed by atoms with Crippen LogP contribution in [0.3, 0.4) is 0 Å². The molecule has 3 heteroatoms. The molecular weight excluding hydrogens is 214 g/mol. The van der Waals surface area contributed by atoms with Gasteiger partial charge in [0, 0.05) is 12.5 Å². The van der Waals surface area contributed by atoms with Crippen molar-refractivity contribution in [2.75, 3.05) is 0 Å². The average molecular weight is 225 g/mol. The molecule has 3 nitrogen and oxygen atoms in total. The van der Waals surface area contributed by atoms with Crippen LogP contribution in [-0.2, 0) is 6.42 Å². The maximum absolute atomic E-state index is 8.68. The maximum atomic E-state index is 8.68. The summed E-state index contributed by atoms with van der Waals surface area (Å²) in [6.07, 6.45) is 3.96. The number of furan rings is 1. The second-order valence-corrected chi connectivity index (χ2v) is 3.44. The molecule has 84 valence electrons. The van der Waals surface area contributed by atoms with Crippen molar-refractivity contribution in [2.45, 2.75) is 6.42 Å². The van der Waals surface area contributed by atoms with Crippen molar-refractivity contribution in [1.29, 1.82) is 5.26 Å². The number of benzene rings is 1. The van der Waals surface area contributed by atoms with E-state index in [2.05, 4.69) is 12.6 Å². The summed E-state index contributed by atoms with van der Waals surface area (Å²) < 4.78 is 10.9. The molecule has 0 saturated heterocycles. The first-order valence-corrected chi connectivity index (χ1v) is 5.19. The zero-order valence-corrected chi connectivity index (χ0v) is 9.22. The van der Waals surface area contributed by atoms with Gasteiger partial charge in [0.25, 0.3) is 0 Å². The van der Waals surface area contributed by atoms with E-state index in [-0.39, 0.29) is 0 Å². The molecule has 0 radical (unpaired) electrons. The van der Waals surface area contributed by atoms with Crippen molar-refractivity contribution in [2.24, 2.45) is 0 Å². The summed E-state index contributed by atoms with van der Waals surface area (Å²) in [4.78, 5) is 0. The van der Waals surface area contributed by atoms with E-state index >= 15 is 0 Å². The standard InChI is InChI=1S/C14H11NO2/c1-2-3-13-14(8-9-16-13)17-12-6-4-11(10-15)5-7-12/h2,4-9H,1,3H2. The number of hydrogen-bond donors (Lipinski definition) is 0. The molecule has 17 heavy (non-hydrogen) atoms. The second-order valence-electron chi connectivity index (χ2n) is 3.44.